The fourth-order valence-corrected chi connectivity index (χ4v) is 0.852. The molecule has 3 N–H and O–H groups in total. The van der Waals surface area contributed by atoms with Gasteiger partial charge in [-0.2, -0.15) is 0 Å². The Bertz CT molecular complexity index is 169. The van der Waals surface area contributed by atoms with Gasteiger partial charge >= 0.3 is 5.97 Å². The summed E-state index contributed by atoms with van der Waals surface area (Å²) in [5, 5.41) is 27.2. The molecule has 3 atom stereocenters. The Balaban J connectivity index is 3.82. The van der Waals surface area contributed by atoms with Gasteiger partial charge in [0.25, 0.3) is 0 Å². The SMILES string of the molecule is CCCCC(O)C(O)OC(=O)C(C)O. The van der Waals surface area contributed by atoms with Crippen LogP contribution in [0.15, 0.2) is 0 Å². The van der Waals surface area contributed by atoms with Gasteiger partial charge in [0.15, 0.2) is 0 Å². The molecule has 0 aromatic carbocycles. The van der Waals surface area contributed by atoms with Crippen molar-refractivity contribution in [3.05, 3.63) is 0 Å². The fourth-order valence-electron chi connectivity index (χ4n) is 0.852. The predicted octanol–water partition coefficient (Wildman–Crippen LogP) is -0.220. The monoisotopic (exact) mass is 206 g/mol. The molecule has 0 aliphatic heterocycles. The van der Waals surface area contributed by atoms with Gasteiger partial charge in [0.2, 0.25) is 6.29 Å². The number of unbranched alkanes of at least 4 members (excludes halogenated alkanes) is 1. The maximum atomic E-state index is 10.8. The van der Waals surface area contributed by atoms with Crippen LogP contribution in [0.25, 0.3) is 0 Å². The van der Waals surface area contributed by atoms with Crippen molar-refractivity contribution in [2.24, 2.45) is 0 Å². The Morgan fingerprint density at radius 1 is 1.36 bits per heavy atom. The van der Waals surface area contributed by atoms with Crippen LogP contribution in [0, 0.1) is 0 Å². The van der Waals surface area contributed by atoms with E-state index in [1.807, 2.05) is 6.92 Å². The largest absolute Gasteiger partial charge is 0.431 e. The van der Waals surface area contributed by atoms with Crippen molar-refractivity contribution >= 4 is 5.97 Å². The summed E-state index contributed by atoms with van der Waals surface area (Å²) in [6.45, 7) is 3.17. The molecule has 0 fully saturated rings. The van der Waals surface area contributed by atoms with E-state index in [4.69, 9.17) is 10.2 Å². The molecule has 0 radical (unpaired) electrons. The van der Waals surface area contributed by atoms with E-state index in [0.29, 0.717) is 6.42 Å². The van der Waals surface area contributed by atoms with Crippen LogP contribution in [0.3, 0.4) is 0 Å². The Morgan fingerprint density at radius 3 is 2.36 bits per heavy atom. The summed E-state index contributed by atoms with van der Waals surface area (Å²) in [5.74, 6) is -0.937. The molecule has 0 spiro atoms. The Hall–Kier alpha value is -0.650. The second kappa shape index (κ2) is 6.75. The highest BCUT2D eigenvalue weighted by Crippen LogP contribution is 2.06. The highest BCUT2D eigenvalue weighted by Gasteiger charge is 2.22. The smallest absolute Gasteiger partial charge is 0.337 e. The van der Waals surface area contributed by atoms with Gasteiger partial charge in [-0.05, 0) is 13.3 Å². The Kier molecular flexibility index (Phi) is 6.44. The van der Waals surface area contributed by atoms with Gasteiger partial charge in [-0.25, -0.2) is 4.79 Å². The quantitative estimate of drug-likeness (QED) is 0.413. The van der Waals surface area contributed by atoms with Gasteiger partial charge in [0.1, 0.15) is 12.2 Å². The molecule has 5 nitrogen and oxygen atoms in total. The van der Waals surface area contributed by atoms with Gasteiger partial charge in [-0.1, -0.05) is 19.8 Å². The van der Waals surface area contributed by atoms with Crippen LogP contribution in [-0.2, 0) is 9.53 Å². The summed E-state index contributed by atoms with van der Waals surface area (Å²) >= 11 is 0. The summed E-state index contributed by atoms with van der Waals surface area (Å²) in [6, 6.07) is 0. The minimum atomic E-state index is -1.55. The highest BCUT2D eigenvalue weighted by atomic mass is 16.7. The Morgan fingerprint density at radius 2 is 1.93 bits per heavy atom. The van der Waals surface area contributed by atoms with Crippen molar-refractivity contribution in [1.82, 2.24) is 0 Å². The number of hydrogen-bond donors (Lipinski definition) is 3. The molecule has 0 aliphatic carbocycles. The van der Waals surface area contributed by atoms with Crippen molar-refractivity contribution in [2.45, 2.75) is 51.6 Å². The summed E-state index contributed by atoms with van der Waals surface area (Å²) in [6.07, 6.45) is -1.94. The lowest BCUT2D eigenvalue weighted by atomic mass is 10.1. The number of carbonyl (C=O) groups excluding carboxylic acids is 1. The average molecular weight is 206 g/mol. The molecule has 3 unspecified atom stereocenters. The minimum Gasteiger partial charge on any atom is -0.431 e. The van der Waals surface area contributed by atoms with E-state index in [2.05, 4.69) is 4.74 Å². The lowest BCUT2D eigenvalue weighted by molar-refractivity contribution is -0.194. The van der Waals surface area contributed by atoms with Crippen molar-refractivity contribution < 1.29 is 24.9 Å². The first-order valence-electron chi connectivity index (χ1n) is 4.73. The van der Waals surface area contributed by atoms with Crippen LogP contribution in [0.5, 0.6) is 0 Å². The van der Waals surface area contributed by atoms with Crippen molar-refractivity contribution in [2.75, 3.05) is 0 Å². The van der Waals surface area contributed by atoms with E-state index >= 15 is 0 Å². The molecule has 0 aromatic heterocycles. The molecule has 5 heteroatoms. The second-order valence-electron chi connectivity index (χ2n) is 3.21. The molecule has 0 rings (SSSR count). The van der Waals surface area contributed by atoms with E-state index in [-0.39, 0.29) is 0 Å². The first-order valence-corrected chi connectivity index (χ1v) is 4.73. The maximum Gasteiger partial charge on any atom is 0.337 e. The molecule has 0 bridgehead atoms. The molecule has 0 amide bonds. The van der Waals surface area contributed by atoms with Gasteiger partial charge in [-0.15, -0.1) is 0 Å². The molecule has 0 saturated heterocycles. The van der Waals surface area contributed by atoms with Gasteiger partial charge in [0.05, 0.1) is 0 Å². The van der Waals surface area contributed by atoms with E-state index in [1.54, 1.807) is 0 Å². The van der Waals surface area contributed by atoms with Gasteiger partial charge in [0, 0.05) is 0 Å². The fraction of sp³-hybridized carbons (Fsp3) is 0.889. The number of carbonyl (C=O) groups is 1. The zero-order valence-electron chi connectivity index (χ0n) is 8.51. The lowest BCUT2D eigenvalue weighted by Crippen LogP contribution is -2.34. The highest BCUT2D eigenvalue weighted by molar-refractivity contribution is 5.73. The van der Waals surface area contributed by atoms with E-state index in [1.165, 1.54) is 6.92 Å². The first kappa shape index (κ1) is 13.4. The van der Waals surface area contributed by atoms with Crippen LogP contribution in [-0.4, -0.2) is 39.8 Å². The summed E-state index contributed by atoms with van der Waals surface area (Å²) in [4.78, 5) is 10.8. The first-order chi connectivity index (χ1) is 6.49. The summed E-state index contributed by atoms with van der Waals surface area (Å²) < 4.78 is 4.39. The second-order valence-corrected chi connectivity index (χ2v) is 3.21. The number of aliphatic hydroxyl groups is 3. The number of ether oxygens (including phenoxy) is 1. The van der Waals surface area contributed by atoms with E-state index in [0.717, 1.165) is 12.8 Å². The summed E-state index contributed by atoms with van der Waals surface area (Å²) in [7, 11) is 0. The lowest BCUT2D eigenvalue weighted by Gasteiger charge is -2.18. The molecule has 0 aromatic rings. The molecule has 0 heterocycles. The molecular formula is C9H18O5. The standard InChI is InChI=1S/C9H18O5/c1-3-4-5-7(11)9(13)14-8(12)6(2)10/h6-7,9-11,13H,3-5H2,1-2H3. The van der Waals surface area contributed by atoms with Gasteiger partial charge in [-0.3, -0.25) is 0 Å². The summed E-state index contributed by atoms with van der Waals surface area (Å²) in [5.41, 5.74) is 0. The predicted molar refractivity (Wildman–Crippen MR) is 49.3 cm³/mol. The number of hydrogen-bond acceptors (Lipinski definition) is 5. The molecular weight excluding hydrogens is 188 g/mol. The van der Waals surface area contributed by atoms with Crippen molar-refractivity contribution in [3.63, 3.8) is 0 Å². The molecule has 84 valence electrons. The van der Waals surface area contributed by atoms with E-state index in [9.17, 15) is 9.90 Å². The maximum absolute atomic E-state index is 10.8. The van der Waals surface area contributed by atoms with Crippen LogP contribution >= 0.6 is 0 Å². The third-order valence-electron chi connectivity index (χ3n) is 1.76. The van der Waals surface area contributed by atoms with E-state index < -0.39 is 24.5 Å². The zero-order chi connectivity index (χ0) is 11.1. The topological polar surface area (TPSA) is 87.0 Å². The van der Waals surface area contributed by atoms with Crippen LogP contribution < -0.4 is 0 Å². The zero-order valence-corrected chi connectivity index (χ0v) is 8.51. The number of esters is 1. The third-order valence-corrected chi connectivity index (χ3v) is 1.76. The normalized spacial score (nSPS) is 17.2. The molecule has 0 saturated carbocycles. The van der Waals surface area contributed by atoms with Crippen molar-refractivity contribution in [1.29, 1.82) is 0 Å². The van der Waals surface area contributed by atoms with Gasteiger partial charge < -0.3 is 20.1 Å². The minimum absolute atomic E-state index is 0.366. The van der Waals surface area contributed by atoms with Crippen molar-refractivity contribution in [3.8, 4) is 0 Å². The Labute approximate surface area is 83.3 Å². The molecule has 0 aliphatic rings. The molecule has 14 heavy (non-hydrogen) atoms. The third kappa shape index (κ3) is 5.16. The van der Waals surface area contributed by atoms with Crippen LogP contribution in [0.4, 0.5) is 0 Å². The van der Waals surface area contributed by atoms with Crippen LogP contribution in [0.2, 0.25) is 0 Å². The number of aliphatic hydroxyl groups excluding tert-OH is 3. The van der Waals surface area contributed by atoms with Crippen LogP contribution in [0.1, 0.15) is 33.1 Å². The number of rotatable bonds is 6. The average Bonchev–Trinajstić information content (AvgIpc) is 2.13.